The Morgan fingerprint density at radius 3 is 2.56 bits per heavy atom. The number of aromatic nitrogens is 1. The number of aromatic amines is 1. The van der Waals surface area contributed by atoms with E-state index in [0.717, 1.165) is 0 Å². The number of nitrogens with one attached hydrogen (secondary N) is 1. The van der Waals surface area contributed by atoms with Crippen molar-refractivity contribution >= 4 is 17.7 Å². The predicted octanol–water partition coefficient (Wildman–Crippen LogP) is 1.48. The van der Waals surface area contributed by atoms with Gasteiger partial charge in [-0.05, 0) is 26.0 Å². The maximum Gasteiger partial charge on any atom is 0.309 e. The Morgan fingerprint density at radius 1 is 1.50 bits per heavy atom. The average Bonchev–Trinajstić information content (AvgIpc) is 2.68. The summed E-state index contributed by atoms with van der Waals surface area (Å²) in [5.74, 6) is -0.540. The molecule has 2 N–H and O–H groups in total. The van der Waals surface area contributed by atoms with Crippen LogP contribution in [0.4, 0.5) is 5.82 Å². The smallest absolute Gasteiger partial charge is 0.309 e. The Labute approximate surface area is 94.1 Å². The summed E-state index contributed by atoms with van der Waals surface area (Å²) in [7, 11) is 1.62. The molecule has 0 atom stereocenters. The van der Waals surface area contributed by atoms with Gasteiger partial charge in [-0.3, -0.25) is 9.59 Å². The standard InChI is InChI=1S/C11H16N2O3/c1-11(2,10(15)16)7-9(14)13(3)8-5-4-6-12-8/h4-6,12H,7H2,1-3H3,(H,15,16). The van der Waals surface area contributed by atoms with Crippen molar-refractivity contribution in [1.29, 1.82) is 0 Å². The number of carboxylic acid groups (broad SMARTS) is 1. The van der Waals surface area contributed by atoms with Gasteiger partial charge in [0.05, 0.1) is 5.41 Å². The summed E-state index contributed by atoms with van der Waals surface area (Å²) >= 11 is 0. The predicted molar refractivity (Wildman–Crippen MR) is 60.2 cm³/mol. The maximum atomic E-state index is 11.8. The number of H-pyrrole nitrogens is 1. The van der Waals surface area contributed by atoms with Crippen molar-refractivity contribution < 1.29 is 14.7 Å². The molecule has 5 nitrogen and oxygen atoms in total. The minimum absolute atomic E-state index is 0.0299. The Balaban J connectivity index is 2.70. The van der Waals surface area contributed by atoms with Crippen LogP contribution < -0.4 is 4.90 Å². The van der Waals surface area contributed by atoms with E-state index in [1.54, 1.807) is 25.4 Å². The second-order valence-corrected chi connectivity index (χ2v) is 4.37. The van der Waals surface area contributed by atoms with E-state index < -0.39 is 11.4 Å². The van der Waals surface area contributed by atoms with E-state index in [2.05, 4.69) is 4.98 Å². The molecule has 0 aliphatic heterocycles. The summed E-state index contributed by atoms with van der Waals surface area (Å²) in [5.41, 5.74) is -1.04. The highest BCUT2D eigenvalue weighted by molar-refractivity contribution is 5.94. The first kappa shape index (κ1) is 12.3. The molecule has 0 bridgehead atoms. The molecule has 88 valence electrons. The largest absolute Gasteiger partial charge is 0.481 e. The van der Waals surface area contributed by atoms with Crippen LogP contribution in [0, 0.1) is 5.41 Å². The molecule has 16 heavy (non-hydrogen) atoms. The number of aliphatic carboxylic acids is 1. The molecule has 0 saturated heterocycles. The fourth-order valence-electron chi connectivity index (χ4n) is 1.24. The zero-order chi connectivity index (χ0) is 12.3. The molecule has 0 spiro atoms. The summed E-state index contributed by atoms with van der Waals surface area (Å²) in [4.78, 5) is 27.0. The van der Waals surface area contributed by atoms with Crippen molar-refractivity contribution in [3.05, 3.63) is 18.3 Å². The first-order chi connectivity index (χ1) is 7.34. The van der Waals surface area contributed by atoms with Gasteiger partial charge in [-0.1, -0.05) is 0 Å². The third-order valence-electron chi connectivity index (χ3n) is 2.49. The molecule has 1 aromatic rings. The fraction of sp³-hybridized carbons (Fsp3) is 0.455. The van der Waals surface area contributed by atoms with Crippen molar-refractivity contribution in [2.75, 3.05) is 11.9 Å². The average molecular weight is 224 g/mol. The fourth-order valence-corrected chi connectivity index (χ4v) is 1.24. The van der Waals surface area contributed by atoms with E-state index in [0.29, 0.717) is 5.82 Å². The van der Waals surface area contributed by atoms with E-state index in [1.807, 2.05) is 0 Å². The number of carbonyl (C=O) groups excluding carboxylic acids is 1. The van der Waals surface area contributed by atoms with E-state index in [4.69, 9.17) is 5.11 Å². The molecule has 5 heteroatoms. The van der Waals surface area contributed by atoms with Crippen LogP contribution in [0.2, 0.25) is 0 Å². The molecule has 1 rings (SSSR count). The van der Waals surface area contributed by atoms with E-state index >= 15 is 0 Å². The monoisotopic (exact) mass is 224 g/mol. The highest BCUT2D eigenvalue weighted by Crippen LogP contribution is 2.22. The summed E-state index contributed by atoms with van der Waals surface area (Å²) < 4.78 is 0. The first-order valence-corrected chi connectivity index (χ1v) is 4.98. The molecule has 0 saturated carbocycles. The number of hydrogen-bond acceptors (Lipinski definition) is 2. The summed E-state index contributed by atoms with van der Waals surface area (Å²) in [6.07, 6.45) is 1.68. The molecule has 0 aliphatic rings. The van der Waals surface area contributed by atoms with Gasteiger partial charge < -0.3 is 15.0 Å². The summed E-state index contributed by atoms with van der Waals surface area (Å²) in [6.45, 7) is 3.07. The Hall–Kier alpha value is -1.78. The number of nitrogens with zero attached hydrogens (tertiary/aromatic N) is 1. The number of carbonyl (C=O) groups is 2. The molecule has 1 aromatic heterocycles. The van der Waals surface area contributed by atoms with Gasteiger partial charge in [0.1, 0.15) is 5.82 Å². The van der Waals surface area contributed by atoms with Crippen molar-refractivity contribution in [1.82, 2.24) is 4.98 Å². The molecule has 0 unspecified atom stereocenters. The van der Waals surface area contributed by atoms with Gasteiger partial charge in [0.2, 0.25) is 5.91 Å². The number of anilines is 1. The van der Waals surface area contributed by atoms with Crippen LogP contribution in [-0.2, 0) is 9.59 Å². The number of amides is 1. The highest BCUT2D eigenvalue weighted by Gasteiger charge is 2.31. The van der Waals surface area contributed by atoms with Crippen LogP contribution in [0.3, 0.4) is 0 Å². The van der Waals surface area contributed by atoms with Crippen LogP contribution in [0.25, 0.3) is 0 Å². The SMILES string of the molecule is CN(C(=O)CC(C)(C)C(=O)O)c1ccc[nH]1. The first-order valence-electron chi connectivity index (χ1n) is 4.98. The lowest BCUT2D eigenvalue weighted by molar-refractivity contribution is -0.149. The summed E-state index contributed by atoms with van der Waals surface area (Å²) in [6, 6.07) is 3.53. The molecule has 0 aliphatic carbocycles. The molecular formula is C11H16N2O3. The lowest BCUT2D eigenvalue weighted by Gasteiger charge is -2.22. The van der Waals surface area contributed by atoms with Crippen molar-refractivity contribution in [3.8, 4) is 0 Å². The number of rotatable bonds is 4. The zero-order valence-electron chi connectivity index (χ0n) is 9.65. The topological polar surface area (TPSA) is 73.4 Å². The molecule has 0 radical (unpaired) electrons. The van der Waals surface area contributed by atoms with Gasteiger partial charge in [0.25, 0.3) is 0 Å². The van der Waals surface area contributed by atoms with Crippen molar-refractivity contribution in [3.63, 3.8) is 0 Å². The third kappa shape index (κ3) is 2.62. The van der Waals surface area contributed by atoms with Gasteiger partial charge in [0, 0.05) is 19.7 Å². The third-order valence-corrected chi connectivity index (χ3v) is 2.49. The highest BCUT2D eigenvalue weighted by atomic mass is 16.4. The van der Waals surface area contributed by atoms with E-state index in [9.17, 15) is 9.59 Å². The molecule has 1 amide bonds. The Bertz CT molecular complexity index is 382. The minimum atomic E-state index is -1.04. The molecule has 0 fully saturated rings. The van der Waals surface area contributed by atoms with Gasteiger partial charge >= 0.3 is 5.97 Å². The molecule has 1 heterocycles. The van der Waals surface area contributed by atoms with E-state index in [1.165, 1.54) is 18.7 Å². The minimum Gasteiger partial charge on any atom is -0.481 e. The van der Waals surface area contributed by atoms with Crippen molar-refractivity contribution in [2.24, 2.45) is 5.41 Å². The zero-order valence-corrected chi connectivity index (χ0v) is 9.65. The Kier molecular flexibility index (Phi) is 3.37. The lowest BCUT2D eigenvalue weighted by Crippen LogP contribution is -2.34. The molecule has 0 aromatic carbocycles. The van der Waals surface area contributed by atoms with Gasteiger partial charge in [-0.15, -0.1) is 0 Å². The Morgan fingerprint density at radius 2 is 2.12 bits per heavy atom. The second-order valence-electron chi connectivity index (χ2n) is 4.37. The number of hydrogen-bond donors (Lipinski definition) is 2. The van der Waals surface area contributed by atoms with Crippen LogP contribution >= 0.6 is 0 Å². The van der Waals surface area contributed by atoms with Crippen LogP contribution in [0.5, 0.6) is 0 Å². The van der Waals surface area contributed by atoms with Gasteiger partial charge in [0.15, 0.2) is 0 Å². The normalized spacial score (nSPS) is 11.2. The van der Waals surface area contributed by atoms with Crippen LogP contribution in [0.1, 0.15) is 20.3 Å². The molecular weight excluding hydrogens is 208 g/mol. The van der Waals surface area contributed by atoms with Gasteiger partial charge in [-0.2, -0.15) is 0 Å². The summed E-state index contributed by atoms with van der Waals surface area (Å²) in [5, 5.41) is 8.92. The quantitative estimate of drug-likeness (QED) is 0.813. The van der Waals surface area contributed by atoms with Crippen molar-refractivity contribution in [2.45, 2.75) is 20.3 Å². The van der Waals surface area contributed by atoms with Crippen LogP contribution in [0.15, 0.2) is 18.3 Å². The maximum absolute atomic E-state index is 11.8. The van der Waals surface area contributed by atoms with Gasteiger partial charge in [-0.25, -0.2) is 0 Å². The second kappa shape index (κ2) is 4.38. The lowest BCUT2D eigenvalue weighted by atomic mass is 9.89. The number of carboxylic acids is 1. The van der Waals surface area contributed by atoms with Crippen LogP contribution in [-0.4, -0.2) is 29.0 Å². The van der Waals surface area contributed by atoms with E-state index in [-0.39, 0.29) is 12.3 Å².